The summed E-state index contributed by atoms with van der Waals surface area (Å²) in [5.41, 5.74) is -0.704. The highest BCUT2D eigenvalue weighted by Gasteiger charge is 2.42. The lowest BCUT2D eigenvalue weighted by Gasteiger charge is -2.29. The normalized spacial score (nSPS) is 28.0. The van der Waals surface area contributed by atoms with Crippen LogP contribution in [0.3, 0.4) is 0 Å². The molecule has 0 heterocycles. The number of aliphatic hydroxyl groups is 1. The fourth-order valence-corrected chi connectivity index (χ4v) is 5.42. The lowest BCUT2D eigenvalue weighted by Crippen LogP contribution is -2.29. The van der Waals surface area contributed by atoms with Crippen molar-refractivity contribution in [3.63, 3.8) is 0 Å². The van der Waals surface area contributed by atoms with Crippen LogP contribution in [0.1, 0.15) is 96.8 Å². The van der Waals surface area contributed by atoms with Crippen molar-refractivity contribution in [1.29, 1.82) is 0 Å². The number of alkyl halides is 1. The molecule has 2 aliphatic carbocycles. The third kappa shape index (κ3) is 7.92. The molecule has 2 unspecified atom stereocenters. The molecule has 0 aromatic rings. The molecule has 174 valence electrons. The molecule has 6 heteroatoms. The number of ketones is 1. The van der Waals surface area contributed by atoms with Crippen molar-refractivity contribution in [2.24, 2.45) is 17.8 Å². The number of rotatable bonds is 14. The van der Waals surface area contributed by atoms with E-state index in [2.05, 4.69) is 0 Å². The summed E-state index contributed by atoms with van der Waals surface area (Å²) in [4.78, 5) is 23.1. The number of carbonyl (C=O) groups excluding carboxylic acids is 1. The van der Waals surface area contributed by atoms with Gasteiger partial charge in [-0.05, 0) is 63.7 Å². The van der Waals surface area contributed by atoms with Crippen LogP contribution < -0.4 is 0 Å². The summed E-state index contributed by atoms with van der Waals surface area (Å²) in [7, 11) is 1.65. The molecule has 0 saturated heterocycles. The predicted molar refractivity (Wildman–Crippen MR) is 114 cm³/mol. The Bertz CT molecular complexity index is 544. The highest BCUT2D eigenvalue weighted by Crippen LogP contribution is 2.40. The highest BCUT2D eigenvalue weighted by molar-refractivity contribution is 5.84. The Kier molecular flexibility index (Phi) is 10.2. The molecule has 0 aromatic heterocycles. The minimum Gasteiger partial charge on any atom is -0.479 e. The van der Waals surface area contributed by atoms with E-state index in [4.69, 9.17) is 9.84 Å². The monoisotopic (exact) mass is 428 g/mol. The average molecular weight is 429 g/mol. The average Bonchev–Trinajstić information content (AvgIpc) is 3.32. The maximum absolute atomic E-state index is 13.2. The summed E-state index contributed by atoms with van der Waals surface area (Å²) in [6.07, 6.45) is 9.90. The van der Waals surface area contributed by atoms with Gasteiger partial charge in [0.05, 0.1) is 11.7 Å². The number of hydrogen-bond donors (Lipinski definition) is 2. The van der Waals surface area contributed by atoms with Crippen LogP contribution in [0.4, 0.5) is 4.39 Å². The van der Waals surface area contributed by atoms with Gasteiger partial charge in [-0.2, -0.15) is 0 Å². The fourth-order valence-electron chi connectivity index (χ4n) is 5.42. The van der Waals surface area contributed by atoms with E-state index in [-0.39, 0.29) is 30.1 Å². The lowest BCUT2D eigenvalue weighted by atomic mass is 9.81. The Balaban J connectivity index is 1.78. The molecule has 2 aliphatic rings. The SMILES string of the molecule is CO[C@@H]1CC(=O)[C@H](CCCCCC(F)C(=O)O)[C@H]1CCC(C)(O)CCC1CCCC1. The fraction of sp³-hybridized carbons (Fsp3) is 0.917. The Morgan fingerprint density at radius 2 is 1.83 bits per heavy atom. The van der Waals surface area contributed by atoms with Gasteiger partial charge in [0.1, 0.15) is 5.78 Å². The van der Waals surface area contributed by atoms with Crippen LogP contribution >= 0.6 is 0 Å². The second kappa shape index (κ2) is 12.1. The molecule has 0 amide bonds. The summed E-state index contributed by atoms with van der Waals surface area (Å²) in [6, 6.07) is 0. The van der Waals surface area contributed by atoms with Crippen LogP contribution in [0.25, 0.3) is 0 Å². The first-order valence-electron chi connectivity index (χ1n) is 11.9. The van der Waals surface area contributed by atoms with E-state index in [1.165, 1.54) is 25.7 Å². The van der Waals surface area contributed by atoms with Gasteiger partial charge in [-0.25, -0.2) is 9.18 Å². The van der Waals surface area contributed by atoms with E-state index in [1.807, 2.05) is 6.92 Å². The smallest absolute Gasteiger partial charge is 0.338 e. The number of halogens is 1. The molecule has 2 saturated carbocycles. The van der Waals surface area contributed by atoms with Crippen LogP contribution in [0.15, 0.2) is 0 Å². The molecule has 5 nitrogen and oxygen atoms in total. The zero-order chi connectivity index (χ0) is 22.1. The molecule has 0 radical (unpaired) electrons. The standard InChI is InChI=1S/C24H41FO5/c1-24(29,14-12-17-8-6-7-9-17)15-13-19-18(21(26)16-22(19)30-2)10-4-3-5-11-20(25)23(27)28/h17-20,22,29H,3-16H2,1-2H3,(H,27,28)/t18-,19-,20?,22-,24?/m1/s1. The van der Waals surface area contributed by atoms with Gasteiger partial charge in [0.15, 0.2) is 6.17 Å². The summed E-state index contributed by atoms with van der Waals surface area (Å²) in [5, 5.41) is 19.5. The van der Waals surface area contributed by atoms with Gasteiger partial charge in [-0.1, -0.05) is 38.5 Å². The molecule has 0 spiro atoms. The van der Waals surface area contributed by atoms with Gasteiger partial charge in [0.25, 0.3) is 0 Å². The molecular formula is C24H41FO5. The van der Waals surface area contributed by atoms with E-state index in [9.17, 15) is 19.1 Å². The number of unbranched alkanes of at least 4 members (excludes halogenated alkanes) is 2. The Morgan fingerprint density at radius 3 is 2.47 bits per heavy atom. The van der Waals surface area contributed by atoms with Crippen LogP contribution in [0, 0.1) is 17.8 Å². The number of carboxylic acids is 1. The number of hydrogen-bond acceptors (Lipinski definition) is 4. The summed E-state index contributed by atoms with van der Waals surface area (Å²) in [5.74, 6) is -0.362. The third-order valence-corrected chi connectivity index (χ3v) is 7.44. The number of Topliss-reactive ketones (excluding diaryl/α,β-unsaturated/α-hetero) is 1. The molecule has 5 atom stereocenters. The molecule has 2 rings (SSSR count). The van der Waals surface area contributed by atoms with E-state index < -0.39 is 17.7 Å². The van der Waals surface area contributed by atoms with Gasteiger partial charge in [0.2, 0.25) is 0 Å². The van der Waals surface area contributed by atoms with Crippen molar-refractivity contribution < 1.29 is 28.9 Å². The largest absolute Gasteiger partial charge is 0.479 e. The van der Waals surface area contributed by atoms with Crippen molar-refractivity contribution in [3.05, 3.63) is 0 Å². The topological polar surface area (TPSA) is 83.8 Å². The maximum atomic E-state index is 13.2. The van der Waals surface area contributed by atoms with Gasteiger partial charge in [0, 0.05) is 19.4 Å². The van der Waals surface area contributed by atoms with Crippen molar-refractivity contribution in [2.45, 2.75) is 115 Å². The Morgan fingerprint density at radius 1 is 1.17 bits per heavy atom. The third-order valence-electron chi connectivity index (χ3n) is 7.44. The van der Waals surface area contributed by atoms with Gasteiger partial charge >= 0.3 is 5.97 Å². The Hall–Kier alpha value is -1.01. The van der Waals surface area contributed by atoms with Gasteiger partial charge in [-0.3, -0.25) is 4.79 Å². The second-order valence-corrected chi connectivity index (χ2v) is 9.88. The van der Waals surface area contributed by atoms with Crippen LogP contribution in [0.5, 0.6) is 0 Å². The number of aliphatic carboxylic acids is 1. The van der Waals surface area contributed by atoms with Gasteiger partial charge < -0.3 is 14.9 Å². The van der Waals surface area contributed by atoms with E-state index >= 15 is 0 Å². The first-order valence-corrected chi connectivity index (χ1v) is 11.9. The predicted octanol–water partition coefficient (Wildman–Crippen LogP) is 5.08. The van der Waals surface area contributed by atoms with E-state index in [0.29, 0.717) is 19.3 Å². The van der Waals surface area contributed by atoms with Crippen molar-refractivity contribution in [1.82, 2.24) is 0 Å². The number of ether oxygens (including phenoxy) is 1. The van der Waals surface area contributed by atoms with Crippen molar-refractivity contribution in [3.8, 4) is 0 Å². The second-order valence-electron chi connectivity index (χ2n) is 9.88. The maximum Gasteiger partial charge on any atom is 0.338 e. The quantitative estimate of drug-likeness (QED) is 0.377. The minimum absolute atomic E-state index is 0.0297. The number of methoxy groups -OCH3 is 1. The molecule has 0 aliphatic heterocycles. The molecular weight excluding hydrogens is 387 g/mol. The minimum atomic E-state index is -1.80. The summed E-state index contributed by atoms with van der Waals surface area (Å²) in [6.45, 7) is 1.92. The summed E-state index contributed by atoms with van der Waals surface area (Å²) < 4.78 is 18.8. The van der Waals surface area contributed by atoms with Crippen molar-refractivity contribution >= 4 is 11.8 Å². The van der Waals surface area contributed by atoms with Crippen LogP contribution in [-0.2, 0) is 14.3 Å². The first kappa shape index (κ1) is 25.3. The van der Waals surface area contributed by atoms with E-state index in [0.717, 1.165) is 44.4 Å². The zero-order valence-corrected chi connectivity index (χ0v) is 18.8. The van der Waals surface area contributed by atoms with Crippen LogP contribution in [-0.4, -0.2) is 47.0 Å². The molecule has 30 heavy (non-hydrogen) atoms. The zero-order valence-electron chi connectivity index (χ0n) is 18.8. The van der Waals surface area contributed by atoms with E-state index in [1.54, 1.807) is 7.11 Å². The van der Waals surface area contributed by atoms with Crippen LogP contribution in [0.2, 0.25) is 0 Å². The first-order chi connectivity index (χ1) is 14.2. The number of carbonyl (C=O) groups is 2. The molecule has 2 fully saturated rings. The van der Waals surface area contributed by atoms with Gasteiger partial charge in [-0.15, -0.1) is 0 Å². The molecule has 2 N–H and O–H groups in total. The number of carboxylic acid groups (broad SMARTS) is 1. The molecule has 0 aromatic carbocycles. The lowest BCUT2D eigenvalue weighted by molar-refractivity contribution is -0.143. The van der Waals surface area contributed by atoms with Crippen molar-refractivity contribution in [2.75, 3.05) is 7.11 Å². The highest BCUT2D eigenvalue weighted by atomic mass is 19.1. The Labute approximate surface area is 180 Å². The summed E-state index contributed by atoms with van der Waals surface area (Å²) >= 11 is 0. The molecule has 0 bridgehead atoms.